The van der Waals surface area contributed by atoms with Gasteiger partial charge in [0.2, 0.25) is 5.88 Å². The molecule has 0 amide bonds. The van der Waals surface area contributed by atoms with Crippen molar-refractivity contribution in [1.29, 1.82) is 0 Å². The van der Waals surface area contributed by atoms with E-state index in [1.165, 1.54) is 18.4 Å². The van der Waals surface area contributed by atoms with Crippen molar-refractivity contribution >= 4 is 0 Å². The van der Waals surface area contributed by atoms with Crippen LogP contribution < -0.4 is 10.1 Å². The van der Waals surface area contributed by atoms with Gasteiger partial charge in [0, 0.05) is 17.8 Å². The zero-order valence-corrected chi connectivity index (χ0v) is 8.66. The van der Waals surface area contributed by atoms with Crippen molar-refractivity contribution in [2.45, 2.75) is 18.9 Å². The van der Waals surface area contributed by atoms with Crippen molar-refractivity contribution in [3.8, 4) is 5.88 Å². The summed E-state index contributed by atoms with van der Waals surface area (Å²) in [6.07, 6.45) is 4.38. The molecule has 1 saturated carbocycles. The quantitative estimate of drug-likeness (QED) is 0.789. The predicted molar refractivity (Wildman–Crippen MR) is 55.3 cm³/mol. The third-order valence-corrected chi connectivity index (χ3v) is 2.73. The molecule has 3 nitrogen and oxygen atoms in total. The van der Waals surface area contributed by atoms with Crippen LogP contribution in [0.15, 0.2) is 18.3 Å². The lowest BCUT2D eigenvalue weighted by Gasteiger charge is -2.17. The second-order valence-corrected chi connectivity index (χ2v) is 3.71. The molecule has 0 aromatic carbocycles. The van der Waals surface area contributed by atoms with Crippen LogP contribution in [-0.4, -0.2) is 19.1 Å². The van der Waals surface area contributed by atoms with E-state index < -0.39 is 0 Å². The van der Waals surface area contributed by atoms with Gasteiger partial charge in [-0.15, -0.1) is 0 Å². The van der Waals surface area contributed by atoms with Crippen LogP contribution in [0.3, 0.4) is 0 Å². The van der Waals surface area contributed by atoms with Crippen molar-refractivity contribution in [2.24, 2.45) is 5.92 Å². The van der Waals surface area contributed by atoms with Gasteiger partial charge in [-0.25, -0.2) is 4.98 Å². The highest BCUT2D eigenvalue weighted by atomic mass is 16.5. The van der Waals surface area contributed by atoms with Crippen molar-refractivity contribution in [3.63, 3.8) is 0 Å². The van der Waals surface area contributed by atoms with E-state index in [1.807, 2.05) is 13.1 Å². The van der Waals surface area contributed by atoms with Gasteiger partial charge < -0.3 is 10.1 Å². The van der Waals surface area contributed by atoms with E-state index in [4.69, 9.17) is 4.74 Å². The third kappa shape index (κ3) is 1.73. The average Bonchev–Trinajstić information content (AvgIpc) is 3.04. The first kappa shape index (κ1) is 9.46. The number of methoxy groups -OCH3 is 1. The van der Waals surface area contributed by atoms with E-state index in [0.29, 0.717) is 6.04 Å². The van der Waals surface area contributed by atoms with Crippen LogP contribution in [0.1, 0.15) is 24.4 Å². The van der Waals surface area contributed by atoms with Crippen molar-refractivity contribution in [3.05, 3.63) is 23.9 Å². The fraction of sp³-hybridized carbons (Fsp3) is 0.545. The first-order valence-electron chi connectivity index (χ1n) is 5.03. The Morgan fingerprint density at radius 1 is 1.57 bits per heavy atom. The topological polar surface area (TPSA) is 34.2 Å². The molecule has 1 aliphatic rings. The van der Waals surface area contributed by atoms with Crippen LogP contribution in [0.25, 0.3) is 0 Å². The van der Waals surface area contributed by atoms with Gasteiger partial charge in [-0.1, -0.05) is 6.07 Å². The molecule has 0 aliphatic heterocycles. The lowest BCUT2D eigenvalue weighted by atomic mass is 10.0. The minimum Gasteiger partial charge on any atom is -0.481 e. The van der Waals surface area contributed by atoms with Gasteiger partial charge in [-0.05, 0) is 31.9 Å². The van der Waals surface area contributed by atoms with E-state index in [9.17, 15) is 0 Å². The number of rotatable bonds is 4. The maximum Gasteiger partial charge on any atom is 0.217 e. The van der Waals surface area contributed by atoms with Crippen LogP contribution in [-0.2, 0) is 0 Å². The smallest absolute Gasteiger partial charge is 0.217 e. The molecule has 1 atom stereocenters. The standard InChI is InChI=1S/C11H16N2O/c1-12-10(8-5-6-8)9-4-3-7-13-11(9)14-2/h3-4,7-8,10,12H,5-6H2,1-2H3. The van der Waals surface area contributed by atoms with E-state index in [-0.39, 0.29) is 0 Å². The molecule has 0 saturated heterocycles. The normalized spacial score (nSPS) is 17.9. The molecule has 1 N–H and O–H groups in total. The minimum atomic E-state index is 0.402. The lowest BCUT2D eigenvalue weighted by molar-refractivity contribution is 0.380. The highest BCUT2D eigenvalue weighted by Gasteiger charge is 2.32. The Balaban J connectivity index is 2.27. The van der Waals surface area contributed by atoms with Gasteiger partial charge >= 0.3 is 0 Å². The van der Waals surface area contributed by atoms with Crippen molar-refractivity contribution in [1.82, 2.24) is 10.3 Å². The molecule has 0 bridgehead atoms. The van der Waals surface area contributed by atoms with Crippen molar-refractivity contribution in [2.75, 3.05) is 14.2 Å². The van der Waals surface area contributed by atoms with Crippen LogP contribution in [0.5, 0.6) is 5.88 Å². The third-order valence-electron chi connectivity index (χ3n) is 2.73. The Morgan fingerprint density at radius 2 is 2.36 bits per heavy atom. The lowest BCUT2D eigenvalue weighted by Crippen LogP contribution is -2.19. The molecule has 3 heteroatoms. The Kier molecular flexibility index (Phi) is 2.68. The SMILES string of the molecule is CNC(c1cccnc1OC)C1CC1. The Morgan fingerprint density at radius 3 is 2.93 bits per heavy atom. The monoisotopic (exact) mass is 192 g/mol. The number of nitrogens with one attached hydrogen (secondary N) is 1. The number of nitrogens with zero attached hydrogens (tertiary/aromatic N) is 1. The number of hydrogen-bond acceptors (Lipinski definition) is 3. The fourth-order valence-electron chi connectivity index (χ4n) is 1.89. The average molecular weight is 192 g/mol. The van der Waals surface area contributed by atoms with Gasteiger partial charge in [-0.2, -0.15) is 0 Å². The van der Waals surface area contributed by atoms with Gasteiger partial charge in [-0.3, -0.25) is 0 Å². The zero-order chi connectivity index (χ0) is 9.97. The predicted octanol–water partition coefficient (Wildman–Crippen LogP) is 1.76. The number of pyridine rings is 1. The molecule has 1 aromatic rings. The van der Waals surface area contributed by atoms with E-state index in [2.05, 4.69) is 16.4 Å². The summed E-state index contributed by atoms with van der Waals surface area (Å²) in [6.45, 7) is 0. The maximum atomic E-state index is 5.25. The van der Waals surface area contributed by atoms with Crippen LogP contribution in [0, 0.1) is 5.92 Å². The molecule has 2 rings (SSSR count). The van der Waals surface area contributed by atoms with Crippen molar-refractivity contribution < 1.29 is 4.74 Å². The number of hydrogen-bond donors (Lipinski definition) is 1. The summed E-state index contributed by atoms with van der Waals surface area (Å²) in [5, 5.41) is 3.34. The summed E-state index contributed by atoms with van der Waals surface area (Å²) >= 11 is 0. The summed E-state index contributed by atoms with van der Waals surface area (Å²) in [5.74, 6) is 1.51. The minimum absolute atomic E-state index is 0.402. The summed E-state index contributed by atoms with van der Waals surface area (Å²) in [6, 6.07) is 4.45. The molecule has 14 heavy (non-hydrogen) atoms. The summed E-state index contributed by atoms with van der Waals surface area (Å²) in [5.41, 5.74) is 1.18. The molecule has 76 valence electrons. The zero-order valence-electron chi connectivity index (χ0n) is 8.66. The van der Waals surface area contributed by atoms with Gasteiger partial charge in [0.05, 0.1) is 7.11 Å². The Hall–Kier alpha value is -1.09. The summed E-state index contributed by atoms with van der Waals surface area (Å²) in [7, 11) is 3.67. The molecule has 1 heterocycles. The molecule has 1 fully saturated rings. The summed E-state index contributed by atoms with van der Waals surface area (Å²) in [4.78, 5) is 4.21. The molecular formula is C11H16N2O. The summed E-state index contributed by atoms with van der Waals surface area (Å²) < 4.78 is 5.25. The first-order valence-corrected chi connectivity index (χ1v) is 5.03. The second kappa shape index (κ2) is 3.96. The number of aromatic nitrogens is 1. The highest BCUT2D eigenvalue weighted by Crippen LogP contribution is 2.42. The largest absolute Gasteiger partial charge is 0.481 e. The Bertz CT molecular complexity index is 310. The second-order valence-electron chi connectivity index (χ2n) is 3.71. The van der Waals surface area contributed by atoms with E-state index in [1.54, 1.807) is 13.3 Å². The van der Waals surface area contributed by atoms with E-state index in [0.717, 1.165) is 11.8 Å². The van der Waals surface area contributed by atoms with Crippen LogP contribution in [0.2, 0.25) is 0 Å². The van der Waals surface area contributed by atoms with Crippen LogP contribution in [0.4, 0.5) is 0 Å². The molecule has 1 unspecified atom stereocenters. The van der Waals surface area contributed by atoms with Crippen LogP contribution >= 0.6 is 0 Å². The Labute approximate surface area is 84.5 Å². The first-order chi connectivity index (χ1) is 6.86. The van der Waals surface area contributed by atoms with E-state index >= 15 is 0 Å². The molecular weight excluding hydrogens is 176 g/mol. The molecule has 0 radical (unpaired) electrons. The fourth-order valence-corrected chi connectivity index (χ4v) is 1.89. The number of ether oxygens (including phenoxy) is 1. The maximum absolute atomic E-state index is 5.25. The molecule has 0 spiro atoms. The molecule has 1 aliphatic carbocycles. The highest BCUT2D eigenvalue weighted by molar-refractivity contribution is 5.30. The van der Waals surface area contributed by atoms with Gasteiger partial charge in [0.1, 0.15) is 0 Å². The molecule has 1 aromatic heterocycles. The van der Waals surface area contributed by atoms with Gasteiger partial charge in [0.25, 0.3) is 0 Å². The van der Waals surface area contributed by atoms with Gasteiger partial charge in [0.15, 0.2) is 0 Å².